The summed E-state index contributed by atoms with van der Waals surface area (Å²) in [7, 11) is 0. The minimum Gasteiger partial charge on any atom is -0.493 e. The number of nitrogens with two attached hydrogens (primary N) is 1. The van der Waals surface area contributed by atoms with Crippen LogP contribution >= 0.6 is 0 Å². The van der Waals surface area contributed by atoms with Gasteiger partial charge in [0.15, 0.2) is 0 Å². The molecule has 4 nitrogen and oxygen atoms in total. The molecule has 110 valence electrons. The highest BCUT2D eigenvalue weighted by Gasteiger charge is 2.65. The normalized spacial score (nSPS) is 19.4. The third-order valence-corrected chi connectivity index (χ3v) is 4.80. The van der Waals surface area contributed by atoms with Gasteiger partial charge in [-0.3, -0.25) is 4.79 Å². The van der Waals surface area contributed by atoms with E-state index in [1.165, 1.54) is 0 Å². The van der Waals surface area contributed by atoms with Gasteiger partial charge in [-0.1, -0.05) is 27.7 Å². The average molecular weight is 276 g/mol. The van der Waals surface area contributed by atoms with Crippen LogP contribution in [0.2, 0.25) is 0 Å². The van der Waals surface area contributed by atoms with Gasteiger partial charge in [0.25, 0.3) is 0 Å². The van der Waals surface area contributed by atoms with E-state index in [4.69, 9.17) is 10.5 Å². The molecule has 1 saturated carbocycles. The van der Waals surface area contributed by atoms with Gasteiger partial charge in [-0.25, -0.2) is 0 Å². The van der Waals surface area contributed by atoms with Crippen molar-refractivity contribution in [2.45, 2.75) is 40.2 Å². The third-order valence-electron chi connectivity index (χ3n) is 4.80. The Kier molecular flexibility index (Phi) is 3.67. The Morgan fingerprint density at radius 2 is 1.75 bits per heavy atom. The summed E-state index contributed by atoms with van der Waals surface area (Å²) in [4.78, 5) is 11.9. The predicted molar refractivity (Wildman–Crippen MR) is 80.5 cm³/mol. The minimum atomic E-state index is 0.0455. The quantitative estimate of drug-likeness (QED) is 0.812. The van der Waals surface area contributed by atoms with E-state index in [1.54, 1.807) is 24.3 Å². The van der Waals surface area contributed by atoms with E-state index in [0.29, 0.717) is 18.7 Å². The molecular formula is C16H24N2O2. The molecule has 1 fully saturated rings. The summed E-state index contributed by atoms with van der Waals surface area (Å²) in [5, 5.41) is 3.09. The van der Waals surface area contributed by atoms with Crippen LogP contribution in [0.15, 0.2) is 24.3 Å². The van der Waals surface area contributed by atoms with Crippen LogP contribution < -0.4 is 15.8 Å². The van der Waals surface area contributed by atoms with Gasteiger partial charge in [-0.05, 0) is 35.1 Å². The molecular weight excluding hydrogens is 252 g/mol. The van der Waals surface area contributed by atoms with Crippen LogP contribution in [-0.2, 0) is 4.79 Å². The first-order valence-corrected chi connectivity index (χ1v) is 7.03. The molecule has 1 amide bonds. The van der Waals surface area contributed by atoms with Crippen LogP contribution in [0, 0.1) is 10.8 Å². The number of amides is 1. The van der Waals surface area contributed by atoms with Crippen molar-refractivity contribution in [2.75, 3.05) is 12.3 Å². The van der Waals surface area contributed by atoms with E-state index < -0.39 is 0 Å². The number of hydrogen-bond acceptors (Lipinski definition) is 3. The van der Waals surface area contributed by atoms with Gasteiger partial charge in [-0.15, -0.1) is 0 Å². The van der Waals surface area contributed by atoms with Crippen molar-refractivity contribution in [1.29, 1.82) is 0 Å². The fraction of sp³-hybridized carbons (Fsp3) is 0.562. The van der Waals surface area contributed by atoms with Gasteiger partial charge in [0.2, 0.25) is 5.91 Å². The molecule has 4 heteroatoms. The molecule has 0 bridgehead atoms. The monoisotopic (exact) mass is 276 g/mol. The molecule has 1 aromatic carbocycles. The predicted octanol–water partition coefficient (Wildman–Crippen LogP) is 2.59. The molecule has 0 aliphatic heterocycles. The van der Waals surface area contributed by atoms with Crippen LogP contribution in [0.1, 0.15) is 34.1 Å². The molecule has 0 atom stereocenters. The number of nitrogen functional groups attached to an aromatic ring is 1. The Hall–Kier alpha value is -1.71. The lowest BCUT2D eigenvalue weighted by Crippen LogP contribution is -2.30. The number of carbonyl (C=O) groups is 1. The summed E-state index contributed by atoms with van der Waals surface area (Å²) in [5.74, 6) is 0.781. The highest BCUT2D eigenvalue weighted by molar-refractivity contribution is 5.77. The zero-order valence-corrected chi connectivity index (χ0v) is 12.7. The Balaban J connectivity index is 1.73. The zero-order chi connectivity index (χ0) is 15.0. The van der Waals surface area contributed by atoms with E-state index >= 15 is 0 Å². The lowest BCUT2D eigenvalue weighted by atomic mass is 10.0. The first-order valence-electron chi connectivity index (χ1n) is 7.03. The molecule has 0 radical (unpaired) electrons. The standard InChI is InChI=1S/C16H24N2O2/c1-15(2)14(16(15,3)4)18-13(19)9-10-20-12-7-5-11(17)6-8-12/h5-8,14H,9-10,17H2,1-4H3,(H,18,19). The number of rotatable bonds is 5. The fourth-order valence-corrected chi connectivity index (χ4v) is 2.62. The topological polar surface area (TPSA) is 64.3 Å². The SMILES string of the molecule is CC1(C)C(NC(=O)CCOc2ccc(N)cc2)C1(C)C. The van der Waals surface area contributed by atoms with Gasteiger partial charge < -0.3 is 15.8 Å². The largest absolute Gasteiger partial charge is 0.493 e. The van der Waals surface area contributed by atoms with Gasteiger partial charge in [0.1, 0.15) is 5.75 Å². The summed E-state index contributed by atoms with van der Waals surface area (Å²) >= 11 is 0. The lowest BCUT2D eigenvalue weighted by Gasteiger charge is -2.08. The third kappa shape index (κ3) is 2.74. The van der Waals surface area contributed by atoms with Crippen molar-refractivity contribution in [3.8, 4) is 5.75 Å². The molecule has 2 rings (SSSR count). The van der Waals surface area contributed by atoms with Gasteiger partial charge >= 0.3 is 0 Å². The fourth-order valence-electron chi connectivity index (χ4n) is 2.62. The Morgan fingerprint density at radius 3 is 2.25 bits per heavy atom. The molecule has 1 aromatic rings. The molecule has 0 aromatic heterocycles. The van der Waals surface area contributed by atoms with Gasteiger partial charge in [0, 0.05) is 11.7 Å². The van der Waals surface area contributed by atoms with Crippen molar-refractivity contribution in [3.05, 3.63) is 24.3 Å². The number of nitrogens with one attached hydrogen (secondary N) is 1. The van der Waals surface area contributed by atoms with Gasteiger partial charge in [-0.2, -0.15) is 0 Å². The minimum absolute atomic E-state index is 0.0455. The first kappa shape index (κ1) is 14.7. The second kappa shape index (κ2) is 5.00. The lowest BCUT2D eigenvalue weighted by molar-refractivity contribution is -0.122. The maximum absolute atomic E-state index is 11.9. The Labute approximate surface area is 120 Å². The highest BCUT2D eigenvalue weighted by atomic mass is 16.5. The van der Waals surface area contributed by atoms with Gasteiger partial charge in [0.05, 0.1) is 13.0 Å². The molecule has 1 aliphatic rings. The number of anilines is 1. The molecule has 0 unspecified atom stereocenters. The summed E-state index contributed by atoms with van der Waals surface area (Å²) < 4.78 is 5.52. The Morgan fingerprint density at radius 1 is 1.20 bits per heavy atom. The summed E-state index contributed by atoms with van der Waals surface area (Å²) in [6.45, 7) is 9.11. The van der Waals surface area contributed by atoms with Crippen molar-refractivity contribution in [3.63, 3.8) is 0 Å². The second-order valence-electron chi connectivity index (χ2n) is 6.61. The summed E-state index contributed by atoms with van der Waals surface area (Å²) in [6.07, 6.45) is 0.368. The zero-order valence-electron chi connectivity index (χ0n) is 12.7. The number of ether oxygens (including phenoxy) is 1. The van der Waals surface area contributed by atoms with E-state index in [-0.39, 0.29) is 22.8 Å². The van der Waals surface area contributed by atoms with Crippen LogP contribution in [-0.4, -0.2) is 18.6 Å². The molecule has 1 aliphatic carbocycles. The molecule has 0 heterocycles. The van der Waals surface area contributed by atoms with Crippen molar-refractivity contribution >= 4 is 11.6 Å². The van der Waals surface area contributed by atoms with Crippen molar-refractivity contribution < 1.29 is 9.53 Å². The highest BCUT2D eigenvalue weighted by Crippen LogP contribution is 2.62. The summed E-state index contributed by atoms with van der Waals surface area (Å²) in [6, 6.07) is 7.43. The van der Waals surface area contributed by atoms with Crippen LogP contribution in [0.4, 0.5) is 5.69 Å². The van der Waals surface area contributed by atoms with E-state index in [0.717, 1.165) is 5.75 Å². The molecule has 20 heavy (non-hydrogen) atoms. The van der Waals surface area contributed by atoms with Crippen molar-refractivity contribution in [1.82, 2.24) is 5.32 Å². The molecule has 0 spiro atoms. The number of benzene rings is 1. The maximum atomic E-state index is 11.9. The maximum Gasteiger partial charge on any atom is 0.223 e. The second-order valence-corrected chi connectivity index (χ2v) is 6.61. The average Bonchev–Trinajstić information content (AvgIpc) is 2.74. The van der Waals surface area contributed by atoms with Crippen LogP contribution in [0.25, 0.3) is 0 Å². The van der Waals surface area contributed by atoms with Crippen molar-refractivity contribution in [2.24, 2.45) is 10.8 Å². The summed E-state index contributed by atoms with van der Waals surface area (Å²) in [5.41, 5.74) is 6.63. The van der Waals surface area contributed by atoms with E-state index in [2.05, 4.69) is 33.0 Å². The molecule has 0 saturated heterocycles. The molecule has 3 N–H and O–H groups in total. The number of hydrogen-bond donors (Lipinski definition) is 2. The van der Waals surface area contributed by atoms with Crippen LogP contribution in [0.5, 0.6) is 5.75 Å². The van der Waals surface area contributed by atoms with E-state index in [1.807, 2.05) is 0 Å². The first-order chi connectivity index (χ1) is 9.25. The smallest absolute Gasteiger partial charge is 0.223 e. The van der Waals surface area contributed by atoms with Crippen LogP contribution in [0.3, 0.4) is 0 Å². The van der Waals surface area contributed by atoms with E-state index in [9.17, 15) is 4.79 Å². The Bertz CT molecular complexity index is 478. The number of carbonyl (C=O) groups excluding carboxylic acids is 1.